The number of carbonyl (C=O) groups excluding carboxylic acids is 1. The second kappa shape index (κ2) is 5.00. The second-order valence-corrected chi connectivity index (χ2v) is 5.79. The third-order valence-corrected chi connectivity index (χ3v) is 4.74. The van der Waals surface area contributed by atoms with Gasteiger partial charge in [0.25, 0.3) is 5.91 Å². The molecule has 2 aliphatic rings. The van der Waals surface area contributed by atoms with Crippen molar-refractivity contribution < 1.29 is 13.9 Å². The van der Waals surface area contributed by atoms with E-state index < -0.39 is 0 Å². The molecule has 0 N–H and O–H groups in total. The van der Waals surface area contributed by atoms with Crippen LogP contribution in [0.3, 0.4) is 0 Å². The number of hydrogen-bond donors (Lipinski definition) is 0. The van der Waals surface area contributed by atoms with Gasteiger partial charge in [0.1, 0.15) is 0 Å². The van der Waals surface area contributed by atoms with Gasteiger partial charge in [-0.1, -0.05) is 6.42 Å². The minimum absolute atomic E-state index is 0.0193. The monoisotopic (exact) mass is 263 g/mol. The fraction of sp³-hybridized carbons (Fsp3) is 0.667. The molecular formula is C15H21NO3. The van der Waals surface area contributed by atoms with E-state index in [9.17, 15) is 4.79 Å². The van der Waals surface area contributed by atoms with Crippen molar-refractivity contribution >= 4 is 5.91 Å². The number of methoxy groups -OCH3 is 1. The Morgan fingerprint density at radius 1 is 1.47 bits per heavy atom. The summed E-state index contributed by atoms with van der Waals surface area (Å²) in [5, 5.41) is 0. The molecule has 2 heterocycles. The van der Waals surface area contributed by atoms with Crippen LogP contribution in [0.4, 0.5) is 0 Å². The van der Waals surface area contributed by atoms with Gasteiger partial charge in [0.2, 0.25) is 0 Å². The molecule has 3 rings (SSSR count). The highest BCUT2D eigenvalue weighted by atomic mass is 16.5. The first-order chi connectivity index (χ1) is 9.25. The lowest BCUT2D eigenvalue weighted by Crippen LogP contribution is -2.49. The van der Waals surface area contributed by atoms with Gasteiger partial charge in [-0.25, -0.2) is 0 Å². The topological polar surface area (TPSA) is 42.7 Å². The van der Waals surface area contributed by atoms with Gasteiger partial charge in [0.05, 0.1) is 12.4 Å². The van der Waals surface area contributed by atoms with E-state index in [0.717, 1.165) is 25.9 Å². The number of rotatable bonds is 2. The van der Waals surface area contributed by atoms with Crippen LogP contribution in [0.15, 0.2) is 22.8 Å². The Morgan fingerprint density at radius 2 is 2.32 bits per heavy atom. The van der Waals surface area contributed by atoms with Crippen molar-refractivity contribution in [2.75, 3.05) is 20.2 Å². The molecule has 4 heteroatoms. The molecule has 0 bridgehead atoms. The van der Waals surface area contributed by atoms with Gasteiger partial charge in [0.15, 0.2) is 5.76 Å². The van der Waals surface area contributed by atoms with Crippen LogP contribution in [0, 0.1) is 5.41 Å². The number of nitrogens with zero attached hydrogens (tertiary/aromatic N) is 1. The molecule has 104 valence electrons. The van der Waals surface area contributed by atoms with Gasteiger partial charge in [-0.3, -0.25) is 4.79 Å². The molecule has 1 saturated carbocycles. The lowest BCUT2D eigenvalue weighted by molar-refractivity contribution is -0.0301. The van der Waals surface area contributed by atoms with Crippen LogP contribution in [0.25, 0.3) is 0 Å². The molecule has 1 aliphatic heterocycles. The minimum Gasteiger partial charge on any atom is -0.459 e. The fourth-order valence-electron chi connectivity index (χ4n) is 3.83. The van der Waals surface area contributed by atoms with E-state index >= 15 is 0 Å². The standard InChI is InChI=1S/C15H21NO3/c1-18-13-6-2-7-15(13)8-4-9-16(11-15)14(17)12-5-3-10-19-12/h3,5,10,13H,2,4,6-9,11H2,1H3/t13-,15-/m1/s1. The summed E-state index contributed by atoms with van der Waals surface area (Å²) in [6.07, 6.45) is 7.61. The Labute approximate surface area is 113 Å². The molecule has 1 amide bonds. The van der Waals surface area contributed by atoms with E-state index in [2.05, 4.69) is 0 Å². The van der Waals surface area contributed by atoms with Gasteiger partial charge in [-0.15, -0.1) is 0 Å². The molecule has 1 aromatic rings. The maximum Gasteiger partial charge on any atom is 0.289 e. The van der Waals surface area contributed by atoms with Crippen molar-refractivity contribution in [1.29, 1.82) is 0 Å². The summed E-state index contributed by atoms with van der Waals surface area (Å²) in [4.78, 5) is 14.3. The number of hydrogen-bond acceptors (Lipinski definition) is 3. The average molecular weight is 263 g/mol. The molecule has 0 radical (unpaired) electrons. The summed E-state index contributed by atoms with van der Waals surface area (Å²) < 4.78 is 10.9. The maximum absolute atomic E-state index is 12.4. The van der Waals surface area contributed by atoms with Gasteiger partial charge in [-0.05, 0) is 37.8 Å². The van der Waals surface area contributed by atoms with E-state index in [-0.39, 0.29) is 11.3 Å². The third-order valence-electron chi connectivity index (χ3n) is 4.74. The van der Waals surface area contributed by atoms with Crippen molar-refractivity contribution in [2.24, 2.45) is 5.41 Å². The Bertz CT molecular complexity index is 442. The van der Waals surface area contributed by atoms with E-state index in [1.165, 1.54) is 19.3 Å². The Balaban J connectivity index is 1.76. The van der Waals surface area contributed by atoms with Gasteiger partial charge < -0.3 is 14.1 Å². The zero-order valence-electron chi connectivity index (χ0n) is 11.4. The van der Waals surface area contributed by atoms with Crippen LogP contribution in [0.2, 0.25) is 0 Å². The van der Waals surface area contributed by atoms with Crippen molar-refractivity contribution in [1.82, 2.24) is 4.90 Å². The van der Waals surface area contributed by atoms with Gasteiger partial charge in [0, 0.05) is 25.6 Å². The van der Waals surface area contributed by atoms with Crippen LogP contribution < -0.4 is 0 Å². The molecule has 2 fully saturated rings. The predicted molar refractivity (Wildman–Crippen MR) is 70.9 cm³/mol. The summed E-state index contributed by atoms with van der Waals surface area (Å²) >= 11 is 0. The maximum atomic E-state index is 12.4. The number of furan rings is 1. The summed E-state index contributed by atoms with van der Waals surface area (Å²) in [5.74, 6) is 0.467. The fourth-order valence-corrected chi connectivity index (χ4v) is 3.83. The van der Waals surface area contributed by atoms with Crippen molar-refractivity contribution in [3.8, 4) is 0 Å². The normalized spacial score (nSPS) is 31.0. The highest BCUT2D eigenvalue weighted by molar-refractivity contribution is 5.91. The SMILES string of the molecule is CO[C@@H]1CCC[C@]12CCCN(C(=O)c1ccco1)C2. The van der Waals surface area contributed by atoms with E-state index in [1.54, 1.807) is 25.5 Å². The molecule has 2 atom stereocenters. The molecule has 4 nitrogen and oxygen atoms in total. The van der Waals surface area contributed by atoms with Crippen molar-refractivity contribution in [3.63, 3.8) is 0 Å². The lowest BCUT2D eigenvalue weighted by atomic mass is 9.76. The first kappa shape index (κ1) is 12.7. The average Bonchev–Trinajstić information content (AvgIpc) is 3.08. The number of piperidine rings is 1. The van der Waals surface area contributed by atoms with Crippen LogP contribution in [-0.4, -0.2) is 37.1 Å². The lowest BCUT2D eigenvalue weighted by Gasteiger charge is -2.43. The molecule has 1 aliphatic carbocycles. The zero-order chi connectivity index (χ0) is 13.3. The first-order valence-electron chi connectivity index (χ1n) is 7.11. The minimum atomic E-state index is 0.0193. The van der Waals surface area contributed by atoms with Gasteiger partial charge >= 0.3 is 0 Å². The molecule has 1 saturated heterocycles. The van der Waals surface area contributed by atoms with Crippen LogP contribution in [0.1, 0.15) is 42.7 Å². The van der Waals surface area contributed by atoms with E-state index in [4.69, 9.17) is 9.15 Å². The first-order valence-corrected chi connectivity index (χ1v) is 7.11. The molecule has 0 aromatic carbocycles. The summed E-state index contributed by atoms with van der Waals surface area (Å²) in [5.41, 5.74) is 0.176. The Kier molecular flexibility index (Phi) is 3.35. The summed E-state index contributed by atoms with van der Waals surface area (Å²) in [6, 6.07) is 3.51. The largest absolute Gasteiger partial charge is 0.459 e. The third kappa shape index (κ3) is 2.18. The molecule has 19 heavy (non-hydrogen) atoms. The summed E-state index contributed by atoms with van der Waals surface area (Å²) in [7, 11) is 1.80. The Hall–Kier alpha value is -1.29. The predicted octanol–water partition coefficient (Wildman–Crippen LogP) is 2.70. The molecular weight excluding hydrogens is 242 g/mol. The highest BCUT2D eigenvalue weighted by Crippen LogP contribution is 2.46. The smallest absolute Gasteiger partial charge is 0.289 e. The highest BCUT2D eigenvalue weighted by Gasteiger charge is 2.46. The number of carbonyl (C=O) groups is 1. The second-order valence-electron chi connectivity index (χ2n) is 5.79. The molecule has 0 unspecified atom stereocenters. The van der Waals surface area contributed by atoms with E-state index in [0.29, 0.717) is 11.9 Å². The summed E-state index contributed by atoms with van der Waals surface area (Å²) in [6.45, 7) is 1.64. The van der Waals surface area contributed by atoms with Crippen LogP contribution in [-0.2, 0) is 4.74 Å². The molecule has 1 aromatic heterocycles. The van der Waals surface area contributed by atoms with Crippen molar-refractivity contribution in [3.05, 3.63) is 24.2 Å². The van der Waals surface area contributed by atoms with E-state index in [1.807, 2.05) is 4.90 Å². The zero-order valence-corrected chi connectivity index (χ0v) is 11.4. The quantitative estimate of drug-likeness (QED) is 0.824. The number of likely N-dealkylation sites (tertiary alicyclic amines) is 1. The van der Waals surface area contributed by atoms with Crippen LogP contribution in [0.5, 0.6) is 0 Å². The van der Waals surface area contributed by atoms with Crippen molar-refractivity contribution in [2.45, 2.75) is 38.2 Å². The number of amides is 1. The van der Waals surface area contributed by atoms with Crippen LogP contribution >= 0.6 is 0 Å². The Morgan fingerprint density at radius 3 is 3.05 bits per heavy atom. The molecule has 1 spiro atoms. The number of ether oxygens (including phenoxy) is 1. The van der Waals surface area contributed by atoms with Gasteiger partial charge in [-0.2, -0.15) is 0 Å².